The van der Waals surface area contributed by atoms with Crippen LogP contribution < -0.4 is 10.6 Å². The van der Waals surface area contributed by atoms with Gasteiger partial charge < -0.3 is 30.2 Å². The van der Waals surface area contributed by atoms with Gasteiger partial charge in [0.25, 0.3) is 0 Å². The first-order valence-corrected chi connectivity index (χ1v) is 16.7. The molecule has 2 aliphatic rings. The number of likely N-dealkylation sites (tertiary alicyclic amines) is 1. The largest absolute Gasteiger partial charge is 0.453 e. The minimum Gasteiger partial charge on any atom is -0.453 e. The minimum atomic E-state index is -0.651. The number of alkyl carbamates (subject to hydrolysis) is 1. The molecule has 0 bridgehead atoms. The van der Waals surface area contributed by atoms with Gasteiger partial charge in [0, 0.05) is 12.1 Å². The van der Waals surface area contributed by atoms with E-state index in [0.29, 0.717) is 6.54 Å². The summed E-state index contributed by atoms with van der Waals surface area (Å²) in [7, 11) is 1.31. The fourth-order valence-electron chi connectivity index (χ4n) is 6.74. The highest BCUT2D eigenvalue weighted by Gasteiger charge is 2.38. The predicted molar refractivity (Wildman–Crippen MR) is 186 cm³/mol. The van der Waals surface area contributed by atoms with Crippen LogP contribution in [0.25, 0.3) is 39.8 Å². The smallest absolute Gasteiger partial charge is 0.407 e. The van der Waals surface area contributed by atoms with Crippen molar-refractivity contribution in [2.24, 2.45) is 5.92 Å². The van der Waals surface area contributed by atoms with Gasteiger partial charge in [0.05, 0.1) is 42.5 Å². The van der Waals surface area contributed by atoms with Gasteiger partial charge in [0.15, 0.2) is 0 Å². The lowest BCUT2D eigenvalue weighted by Gasteiger charge is -2.30. The normalized spacial score (nSPS) is 19.6. The quantitative estimate of drug-likeness (QED) is 0.148. The maximum Gasteiger partial charge on any atom is 0.407 e. The molecule has 10 nitrogen and oxygen atoms in total. The number of aromatic amines is 2. The van der Waals surface area contributed by atoms with Crippen LogP contribution in [0.5, 0.6) is 0 Å². The van der Waals surface area contributed by atoms with Gasteiger partial charge in [-0.15, -0.1) is 0 Å². The van der Waals surface area contributed by atoms with E-state index in [1.54, 1.807) is 0 Å². The van der Waals surface area contributed by atoms with Crippen molar-refractivity contribution in [1.29, 1.82) is 0 Å². The van der Waals surface area contributed by atoms with Crippen molar-refractivity contribution in [1.82, 2.24) is 35.5 Å². The maximum absolute atomic E-state index is 13.7. The van der Waals surface area contributed by atoms with Gasteiger partial charge in [-0.05, 0) is 91.3 Å². The zero-order chi connectivity index (χ0) is 33.1. The second kappa shape index (κ2) is 14.0. The van der Waals surface area contributed by atoms with E-state index in [4.69, 9.17) is 14.7 Å². The number of rotatable bonds is 10. The molecular weight excluding hydrogens is 590 g/mol. The van der Waals surface area contributed by atoms with Gasteiger partial charge in [0.1, 0.15) is 17.7 Å². The molecule has 0 spiro atoms. The number of fused-ring (bicyclic) bond motifs is 1. The Morgan fingerprint density at radius 3 is 2.68 bits per heavy atom. The zero-order valence-electron chi connectivity index (χ0n) is 27.7. The van der Waals surface area contributed by atoms with E-state index in [9.17, 15) is 9.59 Å². The maximum atomic E-state index is 13.7. The molecule has 4 N–H and O–H groups in total. The van der Waals surface area contributed by atoms with E-state index >= 15 is 0 Å². The first-order chi connectivity index (χ1) is 22.8. The summed E-state index contributed by atoms with van der Waals surface area (Å²) in [6.07, 6.45) is 9.89. The third-order valence-corrected chi connectivity index (χ3v) is 9.72. The monoisotopic (exact) mass is 635 g/mol. The van der Waals surface area contributed by atoms with Crippen molar-refractivity contribution < 1.29 is 14.3 Å². The molecule has 2 saturated heterocycles. The Bertz CT molecular complexity index is 1800. The summed E-state index contributed by atoms with van der Waals surface area (Å²) < 4.78 is 4.80. The summed E-state index contributed by atoms with van der Waals surface area (Å²) in [6, 6.07) is 12.4. The minimum absolute atomic E-state index is 0.0329. The van der Waals surface area contributed by atoms with E-state index < -0.39 is 12.1 Å². The van der Waals surface area contributed by atoms with Gasteiger partial charge in [-0.1, -0.05) is 51.1 Å². The molecular formula is C37H45N7O3. The molecule has 4 aromatic rings. The van der Waals surface area contributed by atoms with Crippen LogP contribution in [0.3, 0.4) is 0 Å². The van der Waals surface area contributed by atoms with E-state index in [2.05, 4.69) is 76.6 Å². The number of allylic oxidation sites excluding steroid dienone is 1. The number of hydrogen-bond donors (Lipinski definition) is 4. The van der Waals surface area contributed by atoms with Gasteiger partial charge in [-0.2, -0.15) is 0 Å². The van der Waals surface area contributed by atoms with E-state index in [0.717, 1.165) is 94.9 Å². The fraction of sp³-hybridized carbons (Fsp3) is 0.405. The Labute approximate surface area is 276 Å². The Hall–Kier alpha value is -4.70. The third kappa shape index (κ3) is 6.74. The summed E-state index contributed by atoms with van der Waals surface area (Å²) in [6.45, 7) is 11.7. The summed E-state index contributed by atoms with van der Waals surface area (Å²) >= 11 is 0. The van der Waals surface area contributed by atoms with Crippen LogP contribution in [-0.2, 0) is 9.53 Å². The second-order valence-corrected chi connectivity index (χ2v) is 12.7. The first kappa shape index (κ1) is 32.2. The highest BCUT2D eigenvalue weighted by molar-refractivity contribution is 5.92. The van der Waals surface area contributed by atoms with Crippen molar-refractivity contribution in [3.63, 3.8) is 0 Å². The number of amides is 2. The van der Waals surface area contributed by atoms with Crippen molar-refractivity contribution in [2.75, 3.05) is 20.2 Å². The Balaban J connectivity index is 1.20. The lowest BCUT2D eigenvalue weighted by atomic mass is 9.97. The summed E-state index contributed by atoms with van der Waals surface area (Å²) in [5.41, 5.74) is 6.05. The number of nitrogens with zero attached hydrogens (tertiary/aromatic N) is 3. The number of imidazole rings is 2. The van der Waals surface area contributed by atoms with Crippen molar-refractivity contribution in [3.8, 4) is 11.3 Å². The van der Waals surface area contributed by atoms with Gasteiger partial charge in [-0.25, -0.2) is 14.8 Å². The SMILES string of the molecule is C=Cc1nc(C2CCCN2)[nH]c1/C=C(\C)c1ccc2cc(-c3cnc(C4CCCN4C(=O)C(NC(=O)OC)C(C)CC)[nH]3)ccc2c1. The molecule has 4 unspecified atom stereocenters. The molecule has 2 aromatic heterocycles. The standard InChI is InChI=1S/C37H45N7O3/c1-6-22(3)33(43-37(46)47-5)36(45)44-17-9-11-32(44)35-39-21-31(42-35)27-15-14-25-19-24(12-13-26(25)20-27)23(4)18-30-28(7-2)40-34(41-30)29-10-8-16-38-29/h7,12-15,18-22,29,32-33,38H,2,6,8-11,16-17H2,1,3-5H3,(H,39,42)(H,40,41)(H,43,46)/b23-18+. The molecule has 6 rings (SSSR count). The summed E-state index contributed by atoms with van der Waals surface area (Å²) in [4.78, 5) is 44.1. The molecule has 2 aliphatic heterocycles. The molecule has 246 valence electrons. The number of benzene rings is 2. The molecule has 2 fully saturated rings. The molecule has 2 amide bonds. The van der Waals surface area contributed by atoms with Crippen LogP contribution in [0.4, 0.5) is 4.79 Å². The number of nitrogens with one attached hydrogen (secondary N) is 4. The van der Waals surface area contributed by atoms with Crippen molar-refractivity contribution in [2.45, 2.75) is 71.0 Å². The molecule has 0 saturated carbocycles. The van der Waals surface area contributed by atoms with Gasteiger partial charge in [-0.3, -0.25) is 4.79 Å². The number of H-pyrrole nitrogens is 2. The Morgan fingerprint density at radius 1 is 1.13 bits per heavy atom. The molecule has 2 aromatic carbocycles. The molecule has 4 atom stereocenters. The Kier molecular flexibility index (Phi) is 9.58. The number of hydrogen-bond acceptors (Lipinski definition) is 6. The number of aromatic nitrogens is 4. The van der Waals surface area contributed by atoms with Crippen LogP contribution in [0.15, 0.2) is 49.2 Å². The molecule has 0 aliphatic carbocycles. The number of ether oxygens (including phenoxy) is 1. The molecule has 47 heavy (non-hydrogen) atoms. The highest BCUT2D eigenvalue weighted by atomic mass is 16.5. The first-order valence-electron chi connectivity index (χ1n) is 16.7. The summed E-state index contributed by atoms with van der Waals surface area (Å²) in [5.74, 6) is 1.60. The van der Waals surface area contributed by atoms with Crippen LogP contribution in [-0.4, -0.2) is 63.1 Å². The van der Waals surface area contributed by atoms with Gasteiger partial charge in [0.2, 0.25) is 5.91 Å². The molecule has 10 heteroatoms. The van der Waals surface area contributed by atoms with Crippen molar-refractivity contribution >= 4 is 40.5 Å². The topological polar surface area (TPSA) is 128 Å². The number of carbonyl (C=O) groups is 2. The fourth-order valence-corrected chi connectivity index (χ4v) is 6.74. The average molecular weight is 636 g/mol. The summed E-state index contributed by atoms with van der Waals surface area (Å²) in [5, 5.41) is 8.54. The lowest BCUT2D eigenvalue weighted by Crippen LogP contribution is -2.51. The molecule has 4 heterocycles. The predicted octanol–water partition coefficient (Wildman–Crippen LogP) is 7.02. The third-order valence-electron chi connectivity index (χ3n) is 9.72. The number of methoxy groups -OCH3 is 1. The van der Waals surface area contributed by atoms with Crippen LogP contribution in [0.1, 0.15) is 93.6 Å². The average Bonchev–Trinajstić information content (AvgIpc) is 3.92. The van der Waals surface area contributed by atoms with Gasteiger partial charge >= 0.3 is 6.09 Å². The zero-order valence-corrected chi connectivity index (χ0v) is 27.7. The second-order valence-electron chi connectivity index (χ2n) is 12.7. The van der Waals surface area contributed by atoms with E-state index in [-0.39, 0.29) is 23.9 Å². The van der Waals surface area contributed by atoms with E-state index in [1.807, 2.05) is 31.0 Å². The van der Waals surface area contributed by atoms with Crippen LogP contribution >= 0.6 is 0 Å². The molecule has 0 radical (unpaired) electrons. The lowest BCUT2D eigenvalue weighted by molar-refractivity contribution is -0.135. The Morgan fingerprint density at radius 2 is 1.94 bits per heavy atom. The van der Waals surface area contributed by atoms with Crippen LogP contribution in [0.2, 0.25) is 0 Å². The number of carbonyl (C=O) groups excluding carboxylic acids is 2. The van der Waals surface area contributed by atoms with E-state index in [1.165, 1.54) is 7.11 Å². The van der Waals surface area contributed by atoms with Crippen LogP contribution in [0, 0.1) is 5.92 Å². The highest BCUT2D eigenvalue weighted by Crippen LogP contribution is 2.34. The van der Waals surface area contributed by atoms with Crippen molar-refractivity contribution in [3.05, 3.63) is 77.8 Å².